The molecule has 2 heterocycles. The molecular weight excluding hydrogens is 290 g/mol. The van der Waals surface area contributed by atoms with Crippen molar-refractivity contribution < 1.29 is 9.53 Å². The third-order valence-corrected chi connectivity index (χ3v) is 4.78. The van der Waals surface area contributed by atoms with Crippen molar-refractivity contribution in [2.75, 3.05) is 6.61 Å². The Morgan fingerprint density at radius 3 is 3.13 bits per heavy atom. The summed E-state index contributed by atoms with van der Waals surface area (Å²) >= 11 is 0. The van der Waals surface area contributed by atoms with Crippen LogP contribution in [0.25, 0.3) is 0 Å². The molecule has 1 amide bonds. The maximum atomic E-state index is 12.6. The molecule has 5 nitrogen and oxygen atoms in total. The van der Waals surface area contributed by atoms with Crippen molar-refractivity contribution in [2.24, 2.45) is 0 Å². The Morgan fingerprint density at radius 1 is 1.39 bits per heavy atom. The van der Waals surface area contributed by atoms with E-state index < -0.39 is 0 Å². The molecule has 0 saturated carbocycles. The number of aromatic nitrogens is 2. The first-order chi connectivity index (χ1) is 11.3. The van der Waals surface area contributed by atoms with Crippen LogP contribution in [0.4, 0.5) is 0 Å². The molecule has 1 N–H and O–H groups in total. The van der Waals surface area contributed by atoms with Gasteiger partial charge in [-0.3, -0.25) is 9.48 Å². The van der Waals surface area contributed by atoms with Gasteiger partial charge in [0.2, 0.25) is 5.91 Å². The smallest absolute Gasteiger partial charge is 0.247 e. The number of aryl methyl sites for hydroxylation is 1. The molecule has 0 unspecified atom stereocenters. The highest BCUT2D eigenvalue weighted by molar-refractivity contribution is 5.93. The quantitative estimate of drug-likeness (QED) is 0.928. The molecule has 126 valence electrons. The van der Waals surface area contributed by atoms with E-state index in [2.05, 4.69) is 23.4 Å². The third-order valence-electron chi connectivity index (χ3n) is 4.78. The van der Waals surface area contributed by atoms with Crippen LogP contribution in [0.1, 0.15) is 63.5 Å². The molecule has 0 spiro atoms. The third kappa shape index (κ3) is 4.02. The maximum Gasteiger partial charge on any atom is 0.247 e. The maximum absolute atomic E-state index is 12.6. The van der Waals surface area contributed by atoms with E-state index >= 15 is 0 Å². The number of hydrogen-bond acceptors (Lipinski definition) is 3. The second-order valence-electron chi connectivity index (χ2n) is 6.47. The summed E-state index contributed by atoms with van der Waals surface area (Å²) in [4.78, 5) is 12.6. The van der Waals surface area contributed by atoms with Crippen LogP contribution in [-0.2, 0) is 16.1 Å². The van der Waals surface area contributed by atoms with Gasteiger partial charge in [0.25, 0.3) is 0 Å². The zero-order valence-corrected chi connectivity index (χ0v) is 14.0. The number of amides is 1. The number of allylic oxidation sites excluding steroid dienone is 1. The molecule has 1 aromatic heterocycles. The van der Waals surface area contributed by atoms with E-state index in [-0.39, 0.29) is 18.1 Å². The summed E-state index contributed by atoms with van der Waals surface area (Å²) in [6.07, 6.45) is 13.3. The fraction of sp³-hybridized carbons (Fsp3) is 0.667. The van der Waals surface area contributed by atoms with Crippen molar-refractivity contribution in [3.8, 4) is 0 Å². The number of nitrogens with zero attached hydrogens (tertiary/aromatic N) is 2. The lowest BCUT2D eigenvalue weighted by Crippen LogP contribution is -2.43. The molecule has 1 fully saturated rings. The van der Waals surface area contributed by atoms with Gasteiger partial charge in [-0.05, 0) is 45.4 Å². The zero-order chi connectivity index (χ0) is 16.1. The molecule has 23 heavy (non-hydrogen) atoms. The molecule has 0 aromatic carbocycles. The summed E-state index contributed by atoms with van der Waals surface area (Å²) in [5, 5.41) is 7.56. The molecule has 1 aromatic rings. The van der Waals surface area contributed by atoms with Gasteiger partial charge < -0.3 is 10.1 Å². The lowest BCUT2D eigenvalue weighted by Gasteiger charge is -2.32. The van der Waals surface area contributed by atoms with Crippen molar-refractivity contribution in [2.45, 2.75) is 70.6 Å². The fourth-order valence-electron chi connectivity index (χ4n) is 3.44. The van der Waals surface area contributed by atoms with Crippen LogP contribution in [0.5, 0.6) is 0 Å². The molecule has 2 aliphatic rings. The van der Waals surface area contributed by atoms with Gasteiger partial charge in [-0.2, -0.15) is 5.10 Å². The normalized spacial score (nSPS) is 25.5. The number of carbonyl (C=O) groups is 1. The molecule has 1 saturated heterocycles. The molecular formula is C18H27N3O2. The SMILES string of the molecule is CCn1cc([C@H]2OCCC[C@@H]2NC(=O)C2=CCCCCC2)cn1. The highest BCUT2D eigenvalue weighted by Gasteiger charge is 2.30. The first-order valence-corrected chi connectivity index (χ1v) is 8.91. The molecule has 0 bridgehead atoms. The van der Waals surface area contributed by atoms with Crippen LogP contribution < -0.4 is 5.32 Å². The molecule has 1 aliphatic carbocycles. The van der Waals surface area contributed by atoms with Crippen molar-refractivity contribution in [1.82, 2.24) is 15.1 Å². The van der Waals surface area contributed by atoms with Gasteiger partial charge in [0.1, 0.15) is 6.10 Å². The molecule has 5 heteroatoms. The Kier molecular flexibility index (Phi) is 5.49. The Bertz CT molecular complexity index is 564. The van der Waals surface area contributed by atoms with Gasteiger partial charge in [0.05, 0.1) is 12.2 Å². The first-order valence-electron chi connectivity index (χ1n) is 8.91. The second-order valence-corrected chi connectivity index (χ2v) is 6.47. The highest BCUT2D eigenvalue weighted by atomic mass is 16.5. The number of nitrogens with one attached hydrogen (secondary N) is 1. The van der Waals surface area contributed by atoms with E-state index in [0.29, 0.717) is 0 Å². The number of rotatable bonds is 4. The van der Waals surface area contributed by atoms with E-state index in [0.717, 1.165) is 56.4 Å². The van der Waals surface area contributed by atoms with Gasteiger partial charge in [-0.1, -0.05) is 12.5 Å². The van der Waals surface area contributed by atoms with E-state index in [1.807, 2.05) is 17.1 Å². The Morgan fingerprint density at radius 2 is 2.30 bits per heavy atom. The average Bonchev–Trinajstić information content (AvgIpc) is 2.88. The van der Waals surface area contributed by atoms with Crippen LogP contribution in [-0.4, -0.2) is 28.3 Å². The van der Waals surface area contributed by atoms with Crippen molar-refractivity contribution >= 4 is 5.91 Å². The Labute approximate surface area is 138 Å². The van der Waals surface area contributed by atoms with Crippen LogP contribution in [0, 0.1) is 0 Å². The summed E-state index contributed by atoms with van der Waals surface area (Å²) < 4.78 is 7.86. The largest absolute Gasteiger partial charge is 0.371 e. The minimum absolute atomic E-state index is 0.0370. The fourth-order valence-corrected chi connectivity index (χ4v) is 3.44. The lowest BCUT2D eigenvalue weighted by molar-refractivity contribution is -0.120. The van der Waals surface area contributed by atoms with Crippen molar-refractivity contribution in [3.63, 3.8) is 0 Å². The predicted molar refractivity (Wildman–Crippen MR) is 88.9 cm³/mol. The standard InChI is InChI=1S/C18H27N3O2/c1-2-21-13-15(12-19-21)17-16(10-7-11-23-17)20-18(22)14-8-5-3-4-6-9-14/h8,12-13,16-17H,2-7,9-11H2,1H3,(H,20,22)/t16-,17+/m0/s1. The van der Waals surface area contributed by atoms with E-state index in [1.165, 1.54) is 12.8 Å². The van der Waals surface area contributed by atoms with Crippen molar-refractivity contribution in [3.05, 3.63) is 29.6 Å². The summed E-state index contributed by atoms with van der Waals surface area (Å²) in [5.74, 6) is 0.0929. The predicted octanol–water partition coefficient (Wildman–Crippen LogP) is 3.13. The minimum atomic E-state index is -0.0839. The number of ether oxygens (including phenoxy) is 1. The zero-order valence-electron chi connectivity index (χ0n) is 14.0. The van der Waals surface area contributed by atoms with Crippen molar-refractivity contribution in [1.29, 1.82) is 0 Å². The molecule has 2 atom stereocenters. The summed E-state index contributed by atoms with van der Waals surface area (Å²) in [6, 6.07) is 0.0370. The van der Waals surface area contributed by atoms with Crippen LogP contribution in [0.2, 0.25) is 0 Å². The number of hydrogen-bond donors (Lipinski definition) is 1. The van der Waals surface area contributed by atoms with E-state index in [9.17, 15) is 4.79 Å². The number of carbonyl (C=O) groups excluding carboxylic acids is 1. The Balaban J connectivity index is 1.68. The van der Waals surface area contributed by atoms with Crippen LogP contribution in [0.15, 0.2) is 24.0 Å². The topological polar surface area (TPSA) is 56.1 Å². The van der Waals surface area contributed by atoms with Crippen LogP contribution in [0.3, 0.4) is 0 Å². The van der Waals surface area contributed by atoms with E-state index in [1.54, 1.807) is 0 Å². The lowest BCUT2D eigenvalue weighted by atomic mass is 9.97. The summed E-state index contributed by atoms with van der Waals surface area (Å²) in [6.45, 7) is 3.66. The monoisotopic (exact) mass is 317 g/mol. The van der Waals surface area contributed by atoms with Gasteiger partial charge in [-0.15, -0.1) is 0 Å². The summed E-state index contributed by atoms with van der Waals surface area (Å²) in [5.41, 5.74) is 2.02. The highest BCUT2D eigenvalue weighted by Crippen LogP contribution is 2.29. The van der Waals surface area contributed by atoms with Gasteiger partial charge in [0.15, 0.2) is 0 Å². The average molecular weight is 317 g/mol. The molecule has 0 radical (unpaired) electrons. The first kappa shape index (κ1) is 16.2. The summed E-state index contributed by atoms with van der Waals surface area (Å²) in [7, 11) is 0. The van der Waals surface area contributed by atoms with Gasteiger partial charge >= 0.3 is 0 Å². The van der Waals surface area contributed by atoms with Gasteiger partial charge in [-0.25, -0.2) is 0 Å². The van der Waals surface area contributed by atoms with Gasteiger partial charge in [0, 0.05) is 30.5 Å². The molecule has 3 rings (SSSR count). The van der Waals surface area contributed by atoms with Crippen LogP contribution >= 0.6 is 0 Å². The minimum Gasteiger partial charge on any atom is -0.371 e. The van der Waals surface area contributed by atoms with E-state index in [4.69, 9.17) is 4.74 Å². The molecule has 1 aliphatic heterocycles. The second kappa shape index (κ2) is 7.77. The Hall–Kier alpha value is -1.62.